The fourth-order valence-corrected chi connectivity index (χ4v) is 2.31. The Hall–Kier alpha value is -0.610. The van der Waals surface area contributed by atoms with E-state index < -0.39 is 5.54 Å². The lowest BCUT2D eigenvalue weighted by Gasteiger charge is -2.29. The Balaban J connectivity index is 1.84. The van der Waals surface area contributed by atoms with Gasteiger partial charge in [-0.1, -0.05) is 0 Å². The van der Waals surface area contributed by atoms with Crippen LogP contribution in [0.15, 0.2) is 0 Å². The predicted molar refractivity (Wildman–Crippen MR) is 55.3 cm³/mol. The Kier molecular flexibility index (Phi) is 2.98. The van der Waals surface area contributed by atoms with Gasteiger partial charge in [-0.15, -0.1) is 0 Å². The average Bonchev–Trinajstić information content (AvgIpc) is 2.54. The number of carbonyl (C=O) groups is 1. The standard InChI is InChI=1S/C11H19NO3/c1-14-10(13)11(12)6-5-9(7-11)15-8-3-2-4-8/h8-9H,2-7,12H2,1H3. The molecule has 0 aliphatic heterocycles. The van der Waals surface area contributed by atoms with Crippen LogP contribution in [-0.2, 0) is 14.3 Å². The van der Waals surface area contributed by atoms with Gasteiger partial charge in [0, 0.05) is 6.42 Å². The van der Waals surface area contributed by atoms with Crippen LogP contribution in [0.1, 0.15) is 38.5 Å². The molecule has 2 atom stereocenters. The van der Waals surface area contributed by atoms with E-state index in [1.165, 1.54) is 13.5 Å². The second-order valence-corrected chi connectivity index (χ2v) is 4.70. The number of carbonyl (C=O) groups excluding carboxylic acids is 1. The normalized spacial score (nSPS) is 36.3. The van der Waals surface area contributed by atoms with Crippen molar-refractivity contribution >= 4 is 5.97 Å². The Morgan fingerprint density at radius 2 is 2.07 bits per heavy atom. The lowest BCUT2D eigenvalue weighted by atomic mass is 9.95. The topological polar surface area (TPSA) is 61.5 Å². The van der Waals surface area contributed by atoms with Gasteiger partial charge in [0.25, 0.3) is 0 Å². The summed E-state index contributed by atoms with van der Waals surface area (Å²) in [7, 11) is 1.39. The summed E-state index contributed by atoms with van der Waals surface area (Å²) in [6.45, 7) is 0. The highest BCUT2D eigenvalue weighted by Crippen LogP contribution is 2.34. The first-order valence-corrected chi connectivity index (χ1v) is 5.67. The van der Waals surface area contributed by atoms with E-state index in [1.807, 2.05) is 0 Å². The summed E-state index contributed by atoms with van der Waals surface area (Å²) >= 11 is 0. The van der Waals surface area contributed by atoms with Gasteiger partial charge in [0.1, 0.15) is 5.54 Å². The van der Waals surface area contributed by atoms with Crippen LogP contribution in [0.4, 0.5) is 0 Å². The van der Waals surface area contributed by atoms with E-state index in [1.54, 1.807) is 0 Å². The van der Waals surface area contributed by atoms with E-state index in [-0.39, 0.29) is 12.1 Å². The van der Waals surface area contributed by atoms with Crippen molar-refractivity contribution in [2.75, 3.05) is 7.11 Å². The van der Waals surface area contributed by atoms with Crippen LogP contribution in [0.25, 0.3) is 0 Å². The molecule has 2 aliphatic carbocycles. The molecule has 4 nitrogen and oxygen atoms in total. The number of esters is 1. The van der Waals surface area contributed by atoms with Crippen LogP contribution in [0.2, 0.25) is 0 Å². The number of methoxy groups -OCH3 is 1. The highest BCUT2D eigenvalue weighted by atomic mass is 16.5. The van der Waals surface area contributed by atoms with Crippen LogP contribution in [-0.4, -0.2) is 30.8 Å². The van der Waals surface area contributed by atoms with Gasteiger partial charge in [0.05, 0.1) is 19.3 Å². The zero-order valence-corrected chi connectivity index (χ0v) is 9.20. The Morgan fingerprint density at radius 1 is 1.33 bits per heavy atom. The molecule has 2 unspecified atom stereocenters. The van der Waals surface area contributed by atoms with Crippen LogP contribution in [0.5, 0.6) is 0 Å². The van der Waals surface area contributed by atoms with E-state index in [0.29, 0.717) is 18.9 Å². The fraction of sp³-hybridized carbons (Fsp3) is 0.909. The van der Waals surface area contributed by atoms with Gasteiger partial charge < -0.3 is 15.2 Å². The van der Waals surface area contributed by atoms with Crippen LogP contribution in [0.3, 0.4) is 0 Å². The summed E-state index contributed by atoms with van der Waals surface area (Å²) in [6.07, 6.45) is 6.31. The first-order valence-electron chi connectivity index (χ1n) is 5.67. The van der Waals surface area contributed by atoms with E-state index in [9.17, 15) is 4.79 Å². The number of rotatable bonds is 3. The summed E-state index contributed by atoms with van der Waals surface area (Å²) in [5, 5.41) is 0. The van der Waals surface area contributed by atoms with E-state index >= 15 is 0 Å². The SMILES string of the molecule is COC(=O)C1(N)CCC(OC2CCC2)C1. The molecule has 0 saturated heterocycles. The molecule has 0 heterocycles. The molecule has 0 radical (unpaired) electrons. The highest BCUT2D eigenvalue weighted by molar-refractivity contribution is 5.80. The van der Waals surface area contributed by atoms with Crippen molar-refractivity contribution in [3.63, 3.8) is 0 Å². The minimum atomic E-state index is -0.802. The summed E-state index contributed by atoms with van der Waals surface area (Å²) in [4.78, 5) is 11.4. The minimum Gasteiger partial charge on any atom is -0.468 e. The molecule has 2 fully saturated rings. The highest BCUT2D eigenvalue weighted by Gasteiger charge is 2.44. The molecule has 0 aromatic heterocycles. The quantitative estimate of drug-likeness (QED) is 0.710. The van der Waals surface area contributed by atoms with E-state index in [0.717, 1.165) is 19.3 Å². The molecule has 0 spiro atoms. The molecule has 0 amide bonds. The lowest BCUT2D eigenvalue weighted by Crippen LogP contribution is -2.47. The second kappa shape index (κ2) is 4.10. The summed E-state index contributed by atoms with van der Waals surface area (Å²) < 4.78 is 10.6. The molecule has 15 heavy (non-hydrogen) atoms. The molecule has 2 N–H and O–H groups in total. The number of hydrogen-bond donors (Lipinski definition) is 1. The summed E-state index contributed by atoms with van der Waals surface area (Å²) in [5.41, 5.74) is 5.18. The average molecular weight is 213 g/mol. The number of ether oxygens (including phenoxy) is 2. The number of hydrogen-bond acceptors (Lipinski definition) is 4. The predicted octanol–water partition coefficient (Wildman–Crippen LogP) is 0.978. The molecule has 2 aliphatic rings. The van der Waals surface area contributed by atoms with Crippen molar-refractivity contribution < 1.29 is 14.3 Å². The third kappa shape index (κ3) is 2.16. The van der Waals surface area contributed by atoms with Crippen molar-refractivity contribution in [3.8, 4) is 0 Å². The zero-order valence-electron chi connectivity index (χ0n) is 9.20. The van der Waals surface area contributed by atoms with Gasteiger partial charge >= 0.3 is 5.97 Å². The third-order valence-corrected chi connectivity index (χ3v) is 3.53. The lowest BCUT2D eigenvalue weighted by molar-refractivity contribution is -0.147. The minimum absolute atomic E-state index is 0.152. The van der Waals surface area contributed by atoms with Crippen LogP contribution < -0.4 is 5.73 Å². The third-order valence-electron chi connectivity index (χ3n) is 3.53. The fourth-order valence-electron chi connectivity index (χ4n) is 2.31. The first-order chi connectivity index (χ1) is 7.14. The Morgan fingerprint density at radius 3 is 2.60 bits per heavy atom. The largest absolute Gasteiger partial charge is 0.468 e. The molecule has 0 bridgehead atoms. The smallest absolute Gasteiger partial charge is 0.325 e. The van der Waals surface area contributed by atoms with Crippen LogP contribution in [0, 0.1) is 0 Å². The molecule has 2 rings (SSSR count). The maximum Gasteiger partial charge on any atom is 0.325 e. The molecular weight excluding hydrogens is 194 g/mol. The van der Waals surface area contributed by atoms with Crippen molar-refractivity contribution in [2.24, 2.45) is 5.73 Å². The summed E-state index contributed by atoms with van der Waals surface area (Å²) in [5.74, 6) is -0.304. The van der Waals surface area contributed by atoms with E-state index in [2.05, 4.69) is 0 Å². The molecular formula is C11H19NO3. The first kappa shape index (κ1) is 10.9. The van der Waals surface area contributed by atoms with Crippen LogP contribution >= 0.6 is 0 Å². The number of nitrogens with two attached hydrogens (primary N) is 1. The van der Waals surface area contributed by atoms with Crippen molar-refractivity contribution in [3.05, 3.63) is 0 Å². The molecule has 0 aromatic rings. The monoisotopic (exact) mass is 213 g/mol. The van der Waals surface area contributed by atoms with Gasteiger partial charge in [-0.25, -0.2) is 0 Å². The molecule has 2 saturated carbocycles. The van der Waals surface area contributed by atoms with Gasteiger partial charge in [0.15, 0.2) is 0 Å². The van der Waals surface area contributed by atoms with Crippen molar-refractivity contribution in [1.29, 1.82) is 0 Å². The van der Waals surface area contributed by atoms with Gasteiger partial charge in [0.2, 0.25) is 0 Å². The van der Waals surface area contributed by atoms with Crippen molar-refractivity contribution in [2.45, 2.75) is 56.3 Å². The van der Waals surface area contributed by atoms with Crippen molar-refractivity contribution in [1.82, 2.24) is 0 Å². The summed E-state index contributed by atoms with van der Waals surface area (Å²) in [6, 6.07) is 0. The van der Waals surface area contributed by atoms with Gasteiger partial charge in [-0.3, -0.25) is 4.79 Å². The Bertz CT molecular complexity index is 252. The Labute approximate surface area is 90.1 Å². The zero-order chi connectivity index (χ0) is 10.9. The molecule has 0 aromatic carbocycles. The van der Waals surface area contributed by atoms with Gasteiger partial charge in [-0.2, -0.15) is 0 Å². The second-order valence-electron chi connectivity index (χ2n) is 4.70. The molecule has 4 heteroatoms. The van der Waals surface area contributed by atoms with E-state index in [4.69, 9.17) is 15.2 Å². The molecule has 86 valence electrons. The van der Waals surface area contributed by atoms with Gasteiger partial charge in [-0.05, 0) is 32.1 Å². The maximum absolute atomic E-state index is 11.4. The maximum atomic E-state index is 11.4.